The van der Waals surface area contributed by atoms with Crippen molar-refractivity contribution >= 4 is 5.95 Å². The average molecular weight is 347 g/mol. The third-order valence-corrected chi connectivity index (χ3v) is 6.57. The molecule has 0 aromatic carbocycles. The molecule has 4 rings (SSSR count). The number of aliphatic hydroxyl groups is 2. The summed E-state index contributed by atoms with van der Waals surface area (Å²) >= 11 is 0. The van der Waals surface area contributed by atoms with Crippen molar-refractivity contribution in [3.63, 3.8) is 0 Å². The lowest BCUT2D eigenvalue weighted by Gasteiger charge is -2.56. The lowest BCUT2D eigenvalue weighted by Crippen LogP contribution is -2.62. The molecule has 0 bridgehead atoms. The van der Waals surface area contributed by atoms with Crippen LogP contribution in [0.3, 0.4) is 0 Å². The van der Waals surface area contributed by atoms with Gasteiger partial charge < -0.3 is 19.8 Å². The molecule has 2 saturated carbocycles. The molecule has 0 radical (unpaired) electrons. The highest BCUT2D eigenvalue weighted by Gasteiger charge is 2.56. The largest absolute Gasteiger partial charge is 0.394 e. The van der Waals surface area contributed by atoms with E-state index in [1.165, 1.54) is 31.4 Å². The quantitative estimate of drug-likeness (QED) is 0.846. The molecule has 3 aliphatic rings. The number of ether oxygens (including phenoxy) is 1. The van der Waals surface area contributed by atoms with E-state index in [0.29, 0.717) is 18.9 Å². The minimum atomic E-state index is -0.288. The van der Waals surface area contributed by atoms with E-state index in [4.69, 9.17) is 14.8 Å². The molecule has 1 aromatic rings. The molecular formula is C19H29N3O3. The summed E-state index contributed by atoms with van der Waals surface area (Å²) in [6.45, 7) is 2.10. The molecule has 6 nitrogen and oxygen atoms in total. The van der Waals surface area contributed by atoms with Crippen LogP contribution in [-0.2, 0) is 4.74 Å². The molecule has 25 heavy (non-hydrogen) atoms. The van der Waals surface area contributed by atoms with Crippen LogP contribution in [0.2, 0.25) is 0 Å². The summed E-state index contributed by atoms with van der Waals surface area (Å²) in [5, 5.41) is 19.3. The minimum Gasteiger partial charge on any atom is -0.394 e. The molecule has 1 aliphatic heterocycles. The molecule has 138 valence electrons. The molecular weight excluding hydrogens is 318 g/mol. The van der Waals surface area contributed by atoms with Crippen molar-refractivity contribution in [1.29, 1.82) is 0 Å². The second kappa shape index (κ2) is 7.17. The fourth-order valence-electron chi connectivity index (χ4n) is 4.90. The third kappa shape index (κ3) is 3.15. The van der Waals surface area contributed by atoms with Crippen molar-refractivity contribution in [2.75, 3.05) is 31.2 Å². The first kappa shape index (κ1) is 17.2. The van der Waals surface area contributed by atoms with Gasteiger partial charge in [0.1, 0.15) is 0 Å². The Morgan fingerprint density at radius 3 is 2.68 bits per heavy atom. The highest BCUT2D eigenvalue weighted by atomic mass is 16.5. The monoisotopic (exact) mass is 347 g/mol. The lowest BCUT2D eigenvalue weighted by molar-refractivity contribution is -0.203. The number of hydrogen-bond acceptors (Lipinski definition) is 6. The van der Waals surface area contributed by atoms with Gasteiger partial charge in [-0.3, -0.25) is 0 Å². The van der Waals surface area contributed by atoms with Crippen LogP contribution in [0.25, 0.3) is 0 Å². The van der Waals surface area contributed by atoms with Gasteiger partial charge in [-0.25, -0.2) is 9.97 Å². The van der Waals surface area contributed by atoms with Crippen molar-refractivity contribution in [1.82, 2.24) is 9.97 Å². The SMILES string of the molecule is OCCOC1CC(O)C12CCN(c1nccc(C3CCCC3)n1)CC2. The zero-order valence-corrected chi connectivity index (χ0v) is 14.8. The van der Waals surface area contributed by atoms with Crippen molar-refractivity contribution < 1.29 is 14.9 Å². The smallest absolute Gasteiger partial charge is 0.225 e. The third-order valence-electron chi connectivity index (χ3n) is 6.57. The van der Waals surface area contributed by atoms with Crippen molar-refractivity contribution in [3.8, 4) is 0 Å². The summed E-state index contributed by atoms with van der Waals surface area (Å²) in [6.07, 6.45) is 9.26. The van der Waals surface area contributed by atoms with Gasteiger partial charge in [0, 0.05) is 42.7 Å². The van der Waals surface area contributed by atoms with E-state index in [1.807, 2.05) is 6.20 Å². The van der Waals surface area contributed by atoms with Crippen molar-refractivity contribution in [2.24, 2.45) is 5.41 Å². The molecule has 2 N–H and O–H groups in total. The Kier molecular flexibility index (Phi) is 4.93. The van der Waals surface area contributed by atoms with E-state index in [0.717, 1.165) is 31.9 Å². The lowest BCUT2D eigenvalue weighted by atomic mass is 9.58. The number of piperidine rings is 1. The van der Waals surface area contributed by atoms with E-state index in [9.17, 15) is 5.11 Å². The average Bonchev–Trinajstić information content (AvgIpc) is 3.20. The topological polar surface area (TPSA) is 78.7 Å². The molecule has 1 aromatic heterocycles. The zero-order valence-electron chi connectivity index (χ0n) is 14.8. The zero-order chi connectivity index (χ0) is 17.3. The number of hydrogen-bond donors (Lipinski definition) is 2. The van der Waals surface area contributed by atoms with Crippen molar-refractivity contribution in [3.05, 3.63) is 18.0 Å². The predicted octanol–water partition coefficient (Wildman–Crippen LogP) is 1.86. The Labute approximate surface area is 149 Å². The Bertz CT molecular complexity index is 583. The van der Waals surface area contributed by atoms with Gasteiger partial charge in [0.05, 0.1) is 25.4 Å². The molecule has 6 heteroatoms. The van der Waals surface area contributed by atoms with Gasteiger partial charge >= 0.3 is 0 Å². The number of anilines is 1. The van der Waals surface area contributed by atoms with Crippen LogP contribution in [0.5, 0.6) is 0 Å². The maximum atomic E-state index is 10.3. The summed E-state index contributed by atoms with van der Waals surface area (Å²) in [7, 11) is 0. The summed E-state index contributed by atoms with van der Waals surface area (Å²) < 4.78 is 5.76. The summed E-state index contributed by atoms with van der Waals surface area (Å²) in [5.41, 5.74) is 1.05. The summed E-state index contributed by atoms with van der Waals surface area (Å²) in [4.78, 5) is 11.6. The van der Waals surface area contributed by atoms with E-state index in [1.54, 1.807) is 0 Å². The van der Waals surface area contributed by atoms with E-state index in [-0.39, 0.29) is 24.2 Å². The van der Waals surface area contributed by atoms with Gasteiger partial charge in [-0.1, -0.05) is 12.8 Å². The number of rotatable bonds is 5. The standard InChI is InChI=1S/C19H29N3O3/c23-11-12-25-17-13-16(24)19(17)6-9-22(10-7-19)18-20-8-5-15(21-18)14-3-1-2-4-14/h5,8,14,16-17,23-24H,1-4,6-7,9-13H2. The Morgan fingerprint density at radius 2 is 2.00 bits per heavy atom. The first-order valence-corrected chi connectivity index (χ1v) is 9.71. The molecule has 2 aliphatic carbocycles. The van der Waals surface area contributed by atoms with Crippen molar-refractivity contribution in [2.45, 2.75) is 63.1 Å². The fourth-order valence-corrected chi connectivity index (χ4v) is 4.90. The van der Waals surface area contributed by atoms with Gasteiger partial charge in [0.25, 0.3) is 0 Å². The fraction of sp³-hybridized carbons (Fsp3) is 0.789. The molecule has 2 heterocycles. The van der Waals surface area contributed by atoms with Gasteiger partial charge in [0.2, 0.25) is 5.95 Å². The number of nitrogens with zero attached hydrogens (tertiary/aromatic N) is 3. The Hall–Kier alpha value is -1.24. The first-order chi connectivity index (χ1) is 12.2. The van der Waals surface area contributed by atoms with Gasteiger partial charge in [0.15, 0.2) is 0 Å². The van der Waals surface area contributed by atoms with Crippen LogP contribution in [0.1, 0.15) is 56.6 Å². The number of aromatic nitrogens is 2. The molecule has 2 unspecified atom stereocenters. The number of aliphatic hydroxyl groups excluding tert-OH is 2. The molecule has 1 saturated heterocycles. The predicted molar refractivity (Wildman–Crippen MR) is 94.6 cm³/mol. The van der Waals surface area contributed by atoms with Crippen LogP contribution in [0.4, 0.5) is 5.95 Å². The molecule has 1 spiro atoms. The molecule has 2 atom stereocenters. The Morgan fingerprint density at radius 1 is 1.24 bits per heavy atom. The normalized spacial score (nSPS) is 29.1. The van der Waals surface area contributed by atoms with Crippen LogP contribution in [0.15, 0.2) is 12.3 Å². The highest BCUT2D eigenvalue weighted by molar-refractivity contribution is 5.33. The van der Waals surface area contributed by atoms with E-state index < -0.39 is 0 Å². The van der Waals surface area contributed by atoms with E-state index >= 15 is 0 Å². The summed E-state index contributed by atoms with van der Waals surface area (Å²) in [6, 6.07) is 2.07. The highest BCUT2D eigenvalue weighted by Crippen LogP contribution is 2.51. The van der Waals surface area contributed by atoms with Crippen LogP contribution in [0, 0.1) is 5.41 Å². The maximum Gasteiger partial charge on any atom is 0.225 e. The Balaban J connectivity index is 1.41. The van der Waals surface area contributed by atoms with Crippen LogP contribution >= 0.6 is 0 Å². The minimum absolute atomic E-state index is 0.0383. The van der Waals surface area contributed by atoms with Gasteiger partial charge in [-0.2, -0.15) is 0 Å². The van der Waals surface area contributed by atoms with Crippen LogP contribution in [-0.4, -0.2) is 58.7 Å². The molecule has 3 fully saturated rings. The van der Waals surface area contributed by atoms with E-state index in [2.05, 4.69) is 16.0 Å². The van der Waals surface area contributed by atoms with Gasteiger partial charge in [-0.15, -0.1) is 0 Å². The molecule has 0 amide bonds. The maximum absolute atomic E-state index is 10.3. The van der Waals surface area contributed by atoms with Gasteiger partial charge in [-0.05, 0) is 31.7 Å². The summed E-state index contributed by atoms with van der Waals surface area (Å²) in [5.74, 6) is 1.43. The second-order valence-electron chi connectivity index (χ2n) is 7.82. The first-order valence-electron chi connectivity index (χ1n) is 9.71. The van der Waals surface area contributed by atoms with Crippen LogP contribution < -0.4 is 4.90 Å². The second-order valence-corrected chi connectivity index (χ2v) is 7.82.